The summed E-state index contributed by atoms with van der Waals surface area (Å²) in [6.45, 7) is 6.51. The van der Waals surface area contributed by atoms with Gasteiger partial charge in [-0.05, 0) is 29.0 Å². The molecule has 1 atom stereocenters. The smallest absolute Gasteiger partial charge is 0.163 e. The van der Waals surface area contributed by atoms with E-state index < -0.39 is 0 Å². The second-order valence-electron chi connectivity index (χ2n) is 6.46. The maximum Gasteiger partial charge on any atom is 0.163 e. The molecule has 2 heteroatoms. The van der Waals surface area contributed by atoms with Crippen LogP contribution < -0.4 is 0 Å². The van der Waals surface area contributed by atoms with Gasteiger partial charge in [0.15, 0.2) is 5.78 Å². The summed E-state index contributed by atoms with van der Waals surface area (Å²) >= 11 is 5.97. The van der Waals surface area contributed by atoms with E-state index in [1.807, 2.05) is 54.6 Å². The lowest BCUT2D eigenvalue weighted by Crippen LogP contribution is -2.21. The molecule has 0 saturated heterocycles. The minimum absolute atomic E-state index is 0.0122. The SMILES string of the molecule is CC(C)(C)[C@@H](CC(=O)c1ccccc1)c1ccc(Cl)cc1. The van der Waals surface area contributed by atoms with Crippen molar-refractivity contribution >= 4 is 17.4 Å². The van der Waals surface area contributed by atoms with Crippen LogP contribution in [0.15, 0.2) is 54.6 Å². The molecule has 0 saturated carbocycles. The molecule has 0 heterocycles. The highest BCUT2D eigenvalue weighted by Gasteiger charge is 2.28. The first-order valence-corrected chi connectivity index (χ1v) is 7.59. The zero-order valence-corrected chi connectivity index (χ0v) is 13.5. The first-order valence-electron chi connectivity index (χ1n) is 7.21. The number of carbonyl (C=O) groups excluding carboxylic acids is 1. The molecule has 0 radical (unpaired) electrons. The summed E-state index contributed by atoms with van der Waals surface area (Å²) in [6, 6.07) is 17.3. The minimum atomic E-state index is 0.0122. The van der Waals surface area contributed by atoms with Crippen molar-refractivity contribution in [1.82, 2.24) is 0 Å². The van der Waals surface area contributed by atoms with Crippen molar-refractivity contribution in [2.75, 3.05) is 0 Å². The molecule has 21 heavy (non-hydrogen) atoms. The summed E-state index contributed by atoms with van der Waals surface area (Å²) in [6.07, 6.45) is 0.509. The van der Waals surface area contributed by atoms with E-state index in [-0.39, 0.29) is 17.1 Å². The van der Waals surface area contributed by atoms with Gasteiger partial charge in [-0.3, -0.25) is 4.79 Å². The third-order valence-electron chi connectivity index (χ3n) is 3.80. The second kappa shape index (κ2) is 6.44. The van der Waals surface area contributed by atoms with Crippen molar-refractivity contribution in [3.05, 3.63) is 70.7 Å². The average Bonchev–Trinajstić information content (AvgIpc) is 2.45. The number of rotatable bonds is 4. The summed E-state index contributed by atoms with van der Waals surface area (Å²) < 4.78 is 0. The largest absolute Gasteiger partial charge is 0.294 e. The van der Waals surface area contributed by atoms with Crippen LogP contribution in [-0.4, -0.2) is 5.78 Å². The molecule has 110 valence electrons. The molecule has 1 nitrogen and oxygen atoms in total. The van der Waals surface area contributed by atoms with E-state index in [0.717, 1.165) is 16.1 Å². The quantitative estimate of drug-likeness (QED) is 0.658. The maximum atomic E-state index is 12.5. The summed E-state index contributed by atoms with van der Waals surface area (Å²) in [5, 5.41) is 0.723. The first-order chi connectivity index (χ1) is 9.88. The van der Waals surface area contributed by atoms with Crippen molar-refractivity contribution in [1.29, 1.82) is 0 Å². The number of ketones is 1. The maximum absolute atomic E-state index is 12.5. The van der Waals surface area contributed by atoms with E-state index in [4.69, 9.17) is 11.6 Å². The Balaban J connectivity index is 2.26. The predicted octanol–water partition coefficient (Wildman–Crippen LogP) is 5.74. The van der Waals surface area contributed by atoms with Gasteiger partial charge >= 0.3 is 0 Å². The Bertz CT molecular complexity index is 594. The Hall–Kier alpha value is -1.60. The second-order valence-corrected chi connectivity index (χ2v) is 6.90. The molecule has 0 N–H and O–H groups in total. The standard InChI is InChI=1S/C19H21ClO/c1-19(2,3)17(14-9-11-16(20)12-10-14)13-18(21)15-7-5-4-6-8-15/h4-12,17H,13H2,1-3H3/t17-/m0/s1. The van der Waals surface area contributed by atoms with Crippen LogP contribution in [0.3, 0.4) is 0 Å². The molecule has 0 unspecified atom stereocenters. The summed E-state index contributed by atoms with van der Waals surface area (Å²) in [4.78, 5) is 12.5. The van der Waals surface area contributed by atoms with Crippen LogP contribution >= 0.6 is 11.6 Å². The van der Waals surface area contributed by atoms with E-state index in [2.05, 4.69) is 20.8 Å². The molecular formula is C19H21ClO. The molecule has 2 rings (SSSR count). The average molecular weight is 301 g/mol. The lowest BCUT2D eigenvalue weighted by molar-refractivity contribution is 0.0951. The Labute approximate surface area is 132 Å². The predicted molar refractivity (Wildman–Crippen MR) is 89.0 cm³/mol. The van der Waals surface area contributed by atoms with Gasteiger partial charge in [0.25, 0.3) is 0 Å². The Kier molecular flexibility index (Phi) is 4.84. The van der Waals surface area contributed by atoms with Crippen molar-refractivity contribution in [3.8, 4) is 0 Å². The Morgan fingerprint density at radius 1 is 1.00 bits per heavy atom. The number of Topliss-reactive ketones (excluding diaryl/α,β-unsaturated/α-hetero) is 1. The van der Waals surface area contributed by atoms with Crippen LogP contribution in [-0.2, 0) is 0 Å². The third-order valence-corrected chi connectivity index (χ3v) is 4.06. The Morgan fingerprint density at radius 2 is 1.57 bits per heavy atom. The molecule has 0 aliphatic heterocycles. The van der Waals surface area contributed by atoms with Crippen LogP contribution in [0.1, 0.15) is 49.0 Å². The number of benzene rings is 2. The molecule has 0 aliphatic carbocycles. The monoisotopic (exact) mass is 300 g/mol. The molecule has 0 spiro atoms. The Morgan fingerprint density at radius 3 is 2.10 bits per heavy atom. The summed E-state index contributed by atoms with van der Waals surface area (Å²) in [5.41, 5.74) is 1.95. The van der Waals surface area contributed by atoms with Crippen LogP contribution in [0.2, 0.25) is 5.02 Å². The lowest BCUT2D eigenvalue weighted by Gasteiger charge is -2.31. The van der Waals surface area contributed by atoms with Gasteiger partial charge in [0.05, 0.1) is 0 Å². The van der Waals surface area contributed by atoms with Crippen LogP contribution in [0.25, 0.3) is 0 Å². The van der Waals surface area contributed by atoms with Gasteiger partial charge in [0.2, 0.25) is 0 Å². The van der Waals surface area contributed by atoms with E-state index >= 15 is 0 Å². The summed E-state index contributed by atoms with van der Waals surface area (Å²) in [7, 11) is 0. The molecule has 2 aromatic rings. The van der Waals surface area contributed by atoms with E-state index in [0.29, 0.717) is 6.42 Å². The van der Waals surface area contributed by atoms with Gasteiger partial charge in [0.1, 0.15) is 0 Å². The molecule has 0 aliphatic rings. The van der Waals surface area contributed by atoms with Gasteiger partial charge in [-0.15, -0.1) is 0 Å². The number of halogens is 1. The molecule has 0 amide bonds. The fraction of sp³-hybridized carbons (Fsp3) is 0.316. The molecule has 0 aromatic heterocycles. The van der Waals surface area contributed by atoms with Gasteiger partial charge in [-0.1, -0.05) is 74.8 Å². The lowest BCUT2D eigenvalue weighted by atomic mass is 9.73. The van der Waals surface area contributed by atoms with Crippen LogP contribution in [0.5, 0.6) is 0 Å². The fourth-order valence-electron chi connectivity index (χ4n) is 2.55. The van der Waals surface area contributed by atoms with Crippen LogP contribution in [0, 0.1) is 5.41 Å². The first kappa shape index (κ1) is 15.8. The van der Waals surface area contributed by atoms with Gasteiger partial charge in [-0.25, -0.2) is 0 Å². The fourth-order valence-corrected chi connectivity index (χ4v) is 2.67. The van der Waals surface area contributed by atoms with Crippen molar-refractivity contribution < 1.29 is 4.79 Å². The van der Waals surface area contributed by atoms with E-state index in [1.54, 1.807) is 0 Å². The highest BCUT2D eigenvalue weighted by atomic mass is 35.5. The highest BCUT2D eigenvalue weighted by molar-refractivity contribution is 6.30. The third kappa shape index (κ3) is 4.18. The van der Waals surface area contributed by atoms with Gasteiger partial charge in [0, 0.05) is 17.0 Å². The number of carbonyl (C=O) groups is 1. The molecular weight excluding hydrogens is 280 g/mol. The molecule has 0 bridgehead atoms. The van der Waals surface area contributed by atoms with E-state index in [9.17, 15) is 4.79 Å². The van der Waals surface area contributed by atoms with Gasteiger partial charge < -0.3 is 0 Å². The number of hydrogen-bond acceptors (Lipinski definition) is 1. The molecule has 2 aromatic carbocycles. The van der Waals surface area contributed by atoms with Gasteiger partial charge in [-0.2, -0.15) is 0 Å². The van der Waals surface area contributed by atoms with Crippen molar-refractivity contribution in [2.45, 2.75) is 33.1 Å². The highest BCUT2D eigenvalue weighted by Crippen LogP contribution is 2.38. The van der Waals surface area contributed by atoms with E-state index in [1.165, 1.54) is 0 Å². The zero-order valence-electron chi connectivity index (χ0n) is 12.8. The van der Waals surface area contributed by atoms with Crippen LogP contribution in [0.4, 0.5) is 0 Å². The normalized spacial score (nSPS) is 13.0. The number of hydrogen-bond donors (Lipinski definition) is 0. The topological polar surface area (TPSA) is 17.1 Å². The molecule has 0 fully saturated rings. The van der Waals surface area contributed by atoms with Crippen molar-refractivity contribution in [2.24, 2.45) is 5.41 Å². The summed E-state index contributed by atoms with van der Waals surface area (Å²) in [5.74, 6) is 0.355. The van der Waals surface area contributed by atoms with Crippen molar-refractivity contribution in [3.63, 3.8) is 0 Å². The minimum Gasteiger partial charge on any atom is -0.294 e. The zero-order chi connectivity index (χ0) is 15.5.